The molecule has 0 N–H and O–H groups in total. The number of sulfonamides is 1. The third kappa shape index (κ3) is 4.45. The second-order valence-electron chi connectivity index (χ2n) is 7.29. The quantitative estimate of drug-likeness (QED) is 0.768. The lowest BCUT2D eigenvalue weighted by molar-refractivity contribution is 0.0764. The highest BCUT2D eigenvalue weighted by atomic mass is 32.2. The summed E-state index contributed by atoms with van der Waals surface area (Å²) in [4.78, 5) is 14.7. The van der Waals surface area contributed by atoms with Crippen LogP contribution in [0.25, 0.3) is 0 Å². The van der Waals surface area contributed by atoms with Crippen LogP contribution in [-0.2, 0) is 10.0 Å². The van der Waals surface area contributed by atoms with Gasteiger partial charge in [-0.15, -0.1) is 0 Å². The zero-order valence-corrected chi connectivity index (χ0v) is 17.4. The molecule has 1 aliphatic heterocycles. The van der Waals surface area contributed by atoms with E-state index in [2.05, 4.69) is 13.8 Å². The zero-order chi connectivity index (χ0) is 20.1. The third-order valence-electron chi connectivity index (χ3n) is 5.46. The lowest BCUT2D eigenvalue weighted by Crippen LogP contribution is -2.37. The van der Waals surface area contributed by atoms with Gasteiger partial charge in [0.15, 0.2) is 0 Å². The Kier molecular flexibility index (Phi) is 6.52. The first-order valence-corrected chi connectivity index (χ1v) is 11.3. The van der Waals surface area contributed by atoms with E-state index in [1.807, 2.05) is 30.3 Å². The van der Waals surface area contributed by atoms with Crippen LogP contribution in [-0.4, -0.2) is 49.7 Å². The van der Waals surface area contributed by atoms with Crippen LogP contribution in [0.3, 0.4) is 0 Å². The Morgan fingerprint density at radius 2 is 1.64 bits per heavy atom. The molecule has 5 nitrogen and oxygen atoms in total. The molecule has 1 atom stereocenters. The molecule has 150 valence electrons. The highest BCUT2D eigenvalue weighted by molar-refractivity contribution is 7.89. The fraction of sp³-hybridized carbons (Fsp3) is 0.409. The number of hydrogen-bond donors (Lipinski definition) is 0. The summed E-state index contributed by atoms with van der Waals surface area (Å²) in [7, 11) is -3.55. The lowest BCUT2D eigenvalue weighted by atomic mass is 9.99. The third-order valence-corrected chi connectivity index (χ3v) is 7.37. The minimum absolute atomic E-state index is 0.0437. The van der Waals surface area contributed by atoms with Gasteiger partial charge in [0, 0.05) is 31.7 Å². The van der Waals surface area contributed by atoms with Gasteiger partial charge in [-0.1, -0.05) is 44.2 Å². The van der Waals surface area contributed by atoms with Crippen LogP contribution in [0.15, 0.2) is 59.5 Å². The minimum Gasteiger partial charge on any atom is -0.337 e. The van der Waals surface area contributed by atoms with E-state index < -0.39 is 10.0 Å². The van der Waals surface area contributed by atoms with Crippen LogP contribution in [0.4, 0.5) is 0 Å². The van der Waals surface area contributed by atoms with E-state index in [-0.39, 0.29) is 5.91 Å². The monoisotopic (exact) mass is 400 g/mol. The van der Waals surface area contributed by atoms with Crippen LogP contribution < -0.4 is 0 Å². The number of hydrogen-bond acceptors (Lipinski definition) is 3. The van der Waals surface area contributed by atoms with Crippen molar-refractivity contribution in [2.45, 2.75) is 37.5 Å². The Bertz CT molecular complexity index is 895. The fourth-order valence-corrected chi connectivity index (χ4v) is 4.92. The molecule has 1 aliphatic rings. The second kappa shape index (κ2) is 8.88. The van der Waals surface area contributed by atoms with Crippen LogP contribution in [0.5, 0.6) is 0 Å². The summed E-state index contributed by atoms with van der Waals surface area (Å²) < 4.78 is 27.6. The van der Waals surface area contributed by atoms with E-state index in [9.17, 15) is 13.2 Å². The molecular formula is C22H28N2O3S. The zero-order valence-electron chi connectivity index (χ0n) is 16.5. The minimum atomic E-state index is -3.55. The predicted molar refractivity (Wildman–Crippen MR) is 111 cm³/mol. The smallest absolute Gasteiger partial charge is 0.253 e. The number of nitrogens with zero attached hydrogens (tertiary/aromatic N) is 2. The SMILES string of the molecule is CCC(C)c1ccc(S(=O)(=O)N2CCCN(C(=O)c3ccccc3)CC2)cc1. The van der Waals surface area contributed by atoms with Crippen LogP contribution in [0.1, 0.15) is 48.5 Å². The van der Waals surface area contributed by atoms with Crippen molar-refractivity contribution in [3.8, 4) is 0 Å². The average Bonchev–Trinajstić information content (AvgIpc) is 3.00. The van der Waals surface area contributed by atoms with Gasteiger partial charge in [-0.05, 0) is 48.6 Å². The van der Waals surface area contributed by atoms with Crippen molar-refractivity contribution in [2.75, 3.05) is 26.2 Å². The average molecular weight is 401 g/mol. The van der Waals surface area contributed by atoms with E-state index in [0.717, 1.165) is 12.0 Å². The second-order valence-corrected chi connectivity index (χ2v) is 9.23. The first kappa shape index (κ1) is 20.6. The fourth-order valence-electron chi connectivity index (χ4n) is 3.45. The van der Waals surface area contributed by atoms with E-state index in [1.54, 1.807) is 29.2 Å². The molecule has 0 radical (unpaired) electrons. The van der Waals surface area contributed by atoms with Crippen molar-refractivity contribution in [1.82, 2.24) is 9.21 Å². The number of amides is 1. The molecule has 0 bridgehead atoms. The van der Waals surface area contributed by atoms with Gasteiger partial charge < -0.3 is 4.90 Å². The summed E-state index contributed by atoms with van der Waals surface area (Å²) in [5.74, 6) is 0.366. The molecule has 0 aliphatic carbocycles. The van der Waals surface area contributed by atoms with Crippen molar-refractivity contribution in [3.05, 3.63) is 65.7 Å². The molecule has 1 heterocycles. The number of carbonyl (C=O) groups is 1. The highest BCUT2D eigenvalue weighted by Crippen LogP contribution is 2.23. The summed E-state index contributed by atoms with van der Waals surface area (Å²) in [5, 5.41) is 0. The molecule has 28 heavy (non-hydrogen) atoms. The predicted octanol–water partition coefficient (Wildman–Crippen LogP) is 3.74. The van der Waals surface area contributed by atoms with Gasteiger partial charge in [0.25, 0.3) is 5.91 Å². The van der Waals surface area contributed by atoms with Gasteiger partial charge in [-0.3, -0.25) is 4.79 Å². The Hall–Kier alpha value is -2.18. The van der Waals surface area contributed by atoms with E-state index >= 15 is 0 Å². The van der Waals surface area contributed by atoms with E-state index in [4.69, 9.17) is 0 Å². The molecule has 2 aromatic carbocycles. The Morgan fingerprint density at radius 1 is 0.964 bits per heavy atom. The summed E-state index contributed by atoms with van der Waals surface area (Å²) in [5.41, 5.74) is 1.79. The van der Waals surface area contributed by atoms with E-state index in [0.29, 0.717) is 49.0 Å². The van der Waals surface area contributed by atoms with Crippen molar-refractivity contribution in [1.29, 1.82) is 0 Å². The first-order chi connectivity index (χ1) is 13.4. The normalized spacial score (nSPS) is 17.1. The highest BCUT2D eigenvalue weighted by Gasteiger charge is 2.28. The van der Waals surface area contributed by atoms with Crippen molar-refractivity contribution in [2.24, 2.45) is 0 Å². The van der Waals surface area contributed by atoms with Crippen LogP contribution >= 0.6 is 0 Å². The number of benzene rings is 2. The maximum absolute atomic E-state index is 13.1. The summed E-state index contributed by atoms with van der Waals surface area (Å²) in [6.07, 6.45) is 1.65. The Labute approximate surface area is 168 Å². The summed E-state index contributed by atoms with van der Waals surface area (Å²) >= 11 is 0. The Balaban J connectivity index is 1.71. The van der Waals surface area contributed by atoms with Crippen molar-refractivity contribution < 1.29 is 13.2 Å². The number of rotatable bonds is 5. The van der Waals surface area contributed by atoms with Crippen molar-refractivity contribution >= 4 is 15.9 Å². The molecule has 0 saturated carbocycles. The van der Waals surface area contributed by atoms with Gasteiger partial charge in [0.2, 0.25) is 10.0 Å². The molecule has 0 spiro atoms. The molecule has 3 rings (SSSR count). The molecule has 1 amide bonds. The standard InChI is InChI=1S/C22H28N2O3S/c1-3-18(2)19-10-12-21(13-11-19)28(26,27)24-15-7-14-23(16-17-24)22(25)20-8-5-4-6-9-20/h4-6,8-13,18H,3,7,14-17H2,1-2H3. The summed E-state index contributed by atoms with van der Waals surface area (Å²) in [6, 6.07) is 16.4. The van der Waals surface area contributed by atoms with Crippen molar-refractivity contribution in [3.63, 3.8) is 0 Å². The molecular weight excluding hydrogens is 372 g/mol. The summed E-state index contributed by atoms with van der Waals surface area (Å²) in [6.45, 7) is 5.96. The molecule has 1 fully saturated rings. The first-order valence-electron chi connectivity index (χ1n) is 9.88. The van der Waals surface area contributed by atoms with Crippen LogP contribution in [0.2, 0.25) is 0 Å². The van der Waals surface area contributed by atoms with Crippen LogP contribution in [0, 0.1) is 0 Å². The Morgan fingerprint density at radius 3 is 2.29 bits per heavy atom. The van der Waals surface area contributed by atoms with Gasteiger partial charge in [0.05, 0.1) is 4.90 Å². The largest absolute Gasteiger partial charge is 0.337 e. The maximum atomic E-state index is 13.1. The molecule has 2 aromatic rings. The topological polar surface area (TPSA) is 57.7 Å². The number of carbonyl (C=O) groups excluding carboxylic acids is 1. The molecule has 1 unspecified atom stereocenters. The van der Waals surface area contributed by atoms with Gasteiger partial charge in [0.1, 0.15) is 0 Å². The maximum Gasteiger partial charge on any atom is 0.253 e. The van der Waals surface area contributed by atoms with Gasteiger partial charge in [-0.2, -0.15) is 4.31 Å². The molecule has 1 saturated heterocycles. The molecule has 0 aromatic heterocycles. The van der Waals surface area contributed by atoms with Gasteiger partial charge in [-0.25, -0.2) is 8.42 Å². The lowest BCUT2D eigenvalue weighted by Gasteiger charge is -2.22. The molecule has 6 heteroatoms. The van der Waals surface area contributed by atoms with E-state index in [1.165, 1.54) is 4.31 Å². The van der Waals surface area contributed by atoms with Gasteiger partial charge >= 0.3 is 0 Å².